The fourth-order valence-corrected chi connectivity index (χ4v) is 4.57. The van der Waals surface area contributed by atoms with E-state index < -0.39 is 34.3 Å². The zero-order valence-corrected chi connectivity index (χ0v) is 16.4. The minimum Gasteiger partial charge on any atom is -0.392 e. The Labute approximate surface area is 171 Å². The van der Waals surface area contributed by atoms with Gasteiger partial charge in [0.2, 0.25) is 0 Å². The van der Waals surface area contributed by atoms with E-state index in [2.05, 4.69) is 32.6 Å². The van der Waals surface area contributed by atoms with Crippen LogP contribution >= 0.6 is 24.2 Å². The van der Waals surface area contributed by atoms with E-state index in [9.17, 15) is 15.7 Å². The van der Waals surface area contributed by atoms with Crippen molar-refractivity contribution >= 4 is 24.2 Å². The maximum Gasteiger partial charge on any atom is 0.192 e. The average Bonchev–Trinajstić information content (AvgIpc) is 2.73. The second-order valence-electron chi connectivity index (χ2n) is 6.17. The monoisotopic (exact) mass is 423 g/mol. The summed E-state index contributed by atoms with van der Waals surface area (Å²) >= 11 is 10.9. The van der Waals surface area contributed by atoms with E-state index in [-0.39, 0.29) is 11.3 Å². The summed E-state index contributed by atoms with van der Waals surface area (Å²) in [6.07, 6.45) is 2.69. The number of methoxy groups -OCH3 is 1. The molecule has 2 aromatic rings. The van der Waals surface area contributed by atoms with Gasteiger partial charge in [-0.1, -0.05) is 28.8 Å². The number of azide groups is 1. The number of rotatable bonds is 5. The minimum atomic E-state index is -2.02. The zero-order chi connectivity index (χ0) is 20.4. The lowest BCUT2D eigenvalue weighted by Gasteiger charge is -2.58. The predicted molar refractivity (Wildman–Crippen MR) is 104 cm³/mol. The Morgan fingerprint density at radius 1 is 1.39 bits per heavy atom. The fourth-order valence-electron chi connectivity index (χ4n) is 3.64. The van der Waals surface area contributed by atoms with E-state index in [4.69, 9.17) is 21.1 Å². The second-order valence-corrected chi connectivity index (χ2v) is 7.28. The summed E-state index contributed by atoms with van der Waals surface area (Å²) in [4.78, 5) is 11.4. The van der Waals surface area contributed by atoms with Crippen LogP contribution in [0, 0.1) is 0 Å². The van der Waals surface area contributed by atoms with Crippen molar-refractivity contribution < 1.29 is 19.7 Å². The highest BCUT2D eigenvalue weighted by Gasteiger charge is 2.71. The molecule has 2 unspecified atom stereocenters. The van der Waals surface area contributed by atoms with Crippen molar-refractivity contribution in [2.24, 2.45) is 5.11 Å². The molecule has 9 nitrogen and oxygen atoms in total. The molecule has 2 N–H and O–H groups in total. The summed E-state index contributed by atoms with van der Waals surface area (Å²) in [5, 5.41) is 23.1. The van der Waals surface area contributed by atoms with Crippen molar-refractivity contribution in [3.63, 3.8) is 0 Å². The lowest BCUT2D eigenvalue weighted by molar-refractivity contribution is -0.272. The first-order valence-corrected chi connectivity index (χ1v) is 9.09. The van der Waals surface area contributed by atoms with Crippen LogP contribution < -0.4 is 0 Å². The molecule has 0 aliphatic carbocycles. The number of aliphatic hydroxyl groups excluding tert-OH is 2. The van der Waals surface area contributed by atoms with Crippen LogP contribution in [0.5, 0.6) is 0 Å². The first-order chi connectivity index (χ1) is 13.4. The first-order valence-electron chi connectivity index (χ1n) is 8.20. The fraction of sp³-hybridized carbons (Fsp3) is 0.412. The van der Waals surface area contributed by atoms with Gasteiger partial charge in [-0.3, -0.25) is 9.97 Å². The van der Waals surface area contributed by atoms with E-state index in [1.54, 1.807) is 30.3 Å². The van der Waals surface area contributed by atoms with Gasteiger partial charge in [0.15, 0.2) is 10.7 Å². The summed E-state index contributed by atoms with van der Waals surface area (Å²) < 4.78 is 11.5. The van der Waals surface area contributed by atoms with E-state index in [0.29, 0.717) is 0 Å². The van der Waals surface area contributed by atoms with Crippen molar-refractivity contribution in [3.05, 3.63) is 70.6 Å². The third-order valence-corrected chi connectivity index (χ3v) is 5.80. The Kier molecular flexibility index (Phi) is 5.83. The number of aromatic nitrogens is 2. The SMILES string of the molecule is COC1(c2ccccn2)[C@H](S)OC(Cl)(CO)[C@@H](O)[C@]1(N=[N+]=[N-])c1cccnc1. The molecule has 2 aromatic heterocycles. The zero-order valence-electron chi connectivity index (χ0n) is 14.8. The molecule has 0 spiro atoms. The van der Waals surface area contributed by atoms with Crippen molar-refractivity contribution in [2.45, 2.75) is 27.7 Å². The Bertz CT molecular complexity index is 874. The largest absolute Gasteiger partial charge is 0.392 e. The van der Waals surface area contributed by atoms with Crippen molar-refractivity contribution in [2.75, 3.05) is 13.7 Å². The number of aliphatic hydroxyl groups is 2. The van der Waals surface area contributed by atoms with Crippen LogP contribution in [0.3, 0.4) is 0 Å². The normalized spacial score (nSPS) is 35.2. The molecule has 0 aromatic carbocycles. The molecular formula is C17H18ClN5O4S. The Morgan fingerprint density at radius 3 is 2.71 bits per heavy atom. The predicted octanol–water partition coefficient (Wildman–Crippen LogP) is 2.10. The van der Waals surface area contributed by atoms with Gasteiger partial charge >= 0.3 is 0 Å². The highest BCUT2D eigenvalue weighted by Crippen LogP contribution is 2.59. The molecule has 1 aliphatic heterocycles. The molecule has 3 rings (SSSR count). The molecule has 1 fully saturated rings. The number of pyridine rings is 2. The van der Waals surface area contributed by atoms with Crippen LogP contribution in [-0.4, -0.2) is 50.5 Å². The van der Waals surface area contributed by atoms with E-state index in [1.165, 1.54) is 25.7 Å². The van der Waals surface area contributed by atoms with Crippen LogP contribution in [-0.2, 0) is 20.6 Å². The van der Waals surface area contributed by atoms with Crippen molar-refractivity contribution in [1.29, 1.82) is 0 Å². The summed E-state index contributed by atoms with van der Waals surface area (Å²) in [6.45, 7) is -0.780. The highest BCUT2D eigenvalue weighted by atomic mass is 35.5. The van der Waals surface area contributed by atoms with E-state index in [1.807, 2.05) is 0 Å². The van der Waals surface area contributed by atoms with Gasteiger partial charge in [-0.05, 0) is 29.3 Å². The number of ether oxygens (including phenoxy) is 2. The Morgan fingerprint density at radius 2 is 2.18 bits per heavy atom. The maximum atomic E-state index is 11.3. The Hall–Kier alpha value is -1.91. The molecule has 0 bridgehead atoms. The first kappa shape index (κ1) is 20.8. The number of halogens is 1. The van der Waals surface area contributed by atoms with Crippen LogP contribution in [0.15, 0.2) is 54.0 Å². The molecule has 3 heterocycles. The topological polar surface area (TPSA) is 133 Å². The van der Waals surface area contributed by atoms with Gasteiger partial charge < -0.3 is 19.7 Å². The number of alkyl halides is 1. The van der Waals surface area contributed by atoms with Crippen LogP contribution in [0.2, 0.25) is 0 Å². The van der Waals surface area contributed by atoms with Gasteiger partial charge in [0.25, 0.3) is 0 Å². The van der Waals surface area contributed by atoms with Gasteiger partial charge in [-0.2, -0.15) is 0 Å². The lowest BCUT2D eigenvalue weighted by atomic mass is 9.66. The number of thiol groups is 1. The summed E-state index contributed by atoms with van der Waals surface area (Å²) in [7, 11) is 1.35. The summed E-state index contributed by atoms with van der Waals surface area (Å²) in [5.74, 6) is 0. The van der Waals surface area contributed by atoms with Crippen molar-refractivity contribution in [3.8, 4) is 0 Å². The van der Waals surface area contributed by atoms with Gasteiger partial charge in [-0.15, -0.1) is 12.6 Å². The lowest BCUT2D eigenvalue weighted by Crippen LogP contribution is -2.72. The summed E-state index contributed by atoms with van der Waals surface area (Å²) in [5.41, 5.74) is 5.19. The molecule has 11 heteroatoms. The van der Waals surface area contributed by atoms with Crippen LogP contribution in [0.4, 0.5) is 0 Å². The molecule has 28 heavy (non-hydrogen) atoms. The molecule has 148 valence electrons. The van der Waals surface area contributed by atoms with E-state index >= 15 is 0 Å². The third-order valence-electron chi connectivity index (χ3n) is 4.91. The number of hydrogen-bond donors (Lipinski definition) is 3. The molecule has 0 saturated carbocycles. The second kappa shape index (κ2) is 7.84. The molecule has 0 radical (unpaired) electrons. The third kappa shape index (κ3) is 2.77. The molecule has 1 saturated heterocycles. The smallest absolute Gasteiger partial charge is 0.192 e. The Balaban J connectivity index is 2.46. The van der Waals surface area contributed by atoms with Gasteiger partial charge in [0.1, 0.15) is 17.1 Å². The minimum absolute atomic E-state index is 0.282. The van der Waals surface area contributed by atoms with Crippen molar-refractivity contribution in [1.82, 2.24) is 9.97 Å². The standard InChI is InChI=1S/C17H18ClN5O4S/c1-26-17(12-6-2-3-8-21-12)14(28)27-15(18,10-24)13(25)16(17,22-23-19)11-5-4-7-20-9-11/h2-9,13-14,24-25,28H,10H2,1H3/t13-,14+,15?,16-,17?/m1/s1. The van der Waals surface area contributed by atoms with Gasteiger partial charge in [0, 0.05) is 30.6 Å². The number of nitrogens with zero attached hydrogens (tertiary/aromatic N) is 5. The van der Waals surface area contributed by atoms with Gasteiger partial charge in [-0.25, -0.2) is 0 Å². The quantitative estimate of drug-likeness (QED) is 0.222. The number of hydrogen-bond acceptors (Lipinski definition) is 8. The summed E-state index contributed by atoms with van der Waals surface area (Å²) in [6, 6.07) is 8.23. The van der Waals surface area contributed by atoms with Crippen LogP contribution in [0.1, 0.15) is 11.3 Å². The average molecular weight is 424 g/mol. The molecule has 0 amide bonds. The maximum absolute atomic E-state index is 11.3. The van der Waals surface area contributed by atoms with Crippen LogP contribution in [0.25, 0.3) is 10.4 Å². The highest BCUT2D eigenvalue weighted by molar-refractivity contribution is 7.80. The van der Waals surface area contributed by atoms with Gasteiger partial charge in [0.05, 0.1) is 12.3 Å². The molecule has 5 atom stereocenters. The molecular weight excluding hydrogens is 406 g/mol. The van der Waals surface area contributed by atoms with E-state index in [0.717, 1.165) is 0 Å². The molecule has 1 aliphatic rings.